The van der Waals surface area contributed by atoms with E-state index in [0.29, 0.717) is 28.6 Å². The molecule has 0 saturated carbocycles. The maximum Gasteiger partial charge on any atom is 0.328 e. The molecule has 22 nitrogen and oxygen atoms in total. The molecular formula is C39H59N9O13S2. The number of nitrogens with two attached hydrogens (primary N) is 1. The lowest BCUT2D eigenvalue weighted by Gasteiger charge is -2.32. The monoisotopic (exact) mass is 925 g/mol. The van der Waals surface area contributed by atoms with E-state index in [1.54, 1.807) is 30.5 Å². The number of fused-ring (bicyclic) bond motifs is 1. The molecule has 1 aliphatic heterocycles. The Labute approximate surface area is 373 Å². The first-order valence-electron chi connectivity index (χ1n) is 20.2. The van der Waals surface area contributed by atoms with Gasteiger partial charge in [-0.05, 0) is 63.7 Å². The van der Waals surface area contributed by atoms with Gasteiger partial charge >= 0.3 is 5.97 Å². The largest absolute Gasteiger partial charge is 0.480 e. The number of rotatable bonds is 24. The van der Waals surface area contributed by atoms with Crippen molar-refractivity contribution in [1.82, 2.24) is 41.8 Å². The predicted octanol–water partition coefficient (Wildman–Crippen LogP) is -4.16. The molecule has 1 fully saturated rings. The number of carboxylic acid groups (broad SMARTS) is 1. The molecule has 0 aliphatic carbocycles. The van der Waals surface area contributed by atoms with Crippen molar-refractivity contribution in [3.05, 3.63) is 36.0 Å². The Bertz CT molecular complexity index is 1930. The number of benzene rings is 1. The first kappa shape index (κ1) is 52.4. The van der Waals surface area contributed by atoms with Gasteiger partial charge in [-0.15, -0.1) is 0 Å². The Balaban J connectivity index is 1.87. The first-order chi connectivity index (χ1) is 29.7. The van der Waals surface area contributed by atoms with E-state index < -0.39 is 121 Å². The number of carbonyl (C=O) groups is 8. The van der Waals surface area contributed by atoms with E-state index in [1.165, 1.54) is 37.4 Å². The Morgan fingerprint density at radius 2 is 1.35 bits per heavy atom. The molecule has 0 radical (unpaired) electrons. The number of aliphatic hydroxyl groups is 4. The van der Waals surface area contributed by atoms with Crippen LogP contribution in [0.3, 0.4) is 0 Å². The Morgan fingerprint density at radius 1 is 0.810 bits per heavy atom. The highest BCUT2D eigenvalue weighted by Gasteiger charge is 2.42. The molecule has 350 valence electrons. The average molecular weight is 926 g/mol. The Hall–Kier alpha value is -4.98. The molecule has 0 bridgehead atoms. The van der Waals surface area contributed by atoms with Crippen molar-refractivity contribution in [3.8, 4) is 0 Å². The van der Waals surface area contributed by atoms with Crippen LogP contribution in [0.2, 0.25) is 0 Å². The molecule has 14 N–H and O–H groups in total. The number of aromatic nitrogens is 1. The summed E-state index contributed by atoms with van der Waals surface area (Å²) in [6.45, 7) is 2.71. The number of aliphatic hydroxyl groups excluding tert-OH is 4. The SMILES string of the molecule is CSCC[C@H](N)C(=O)N[C@H](C(=O)N[C@H](C(=O)N[C@@H](Cc1c[nH]c2ccccc12)C(=O)N1CCC[C@H]1C(=O)N[C@H](C(=O)N[C@@H](CS)C(=O)N[C@@H](CO)C(=O)O)[C@@H](C)O)[C@@H](C)O)[C@@H](C)O. The lowest BCUT2D eigenvalue weighted by atomic mass is 10.0. The summed E-state index contributed by atoms with van der Waals surface area (Å²) in [5.74, 6) is -7.79. The molecule has 1 saturated heterocycles. The van der Waals surface area contributed by atoms with Gasteiger partial charge in [0.2, 0.25) is 41.4 Å². The number of likely N-dealkylation sites (tertiary alicyclic amines) is 1. The second kappa shape index (κ2) is 24.8. The van der Waals surface area contributed by atoms with Crippen LogP contribution in [0.15, 0.2) is 30.5 Å². The van der Waals surface area contributed by atoms with E-state index in [9.17, 15) is 63.9 Å². The fraction of sp³-hybridized carbons (Fsp3) is 0.590. The number of hydrogen-bond acceptors (Lipinski definition) is 15. The van der Waals surface area contributed by atoms with Crippen molar-refractivity contribution in [2.24, 2.45) is 5.73 Å². The van der Waals surface area contributed by atoms with Gasteiger partial charge in [-0.25, -0.2) is 4.79 Å². The van der Waals surface area contributed by atoms with E-state index in [-0.39, 0.29) is 31.6 Å². The molecule has 11 atom stereocenters. The number of H-pyrrole nitrogens is 1. The normalized spacial score (nSPS) is 18.6. The van der Waals surface area contributed by atoms with Gasteiger partial charge in [-0.3, -0.25) is 33.6 Å². The number of para-hydroxylation sites is 1. The number of nitrogens with zero attached hydrogens (tertiary/aromatic N) is 1. The smallest absolute Gasteiger partial charge is 0.328 e. The van der Waals surface area contributed by atoms with Gasteiger partial charge in [0.1, 0.15) is 42.3 Å². The Kier molecular flexibility index (Phi) is 20.6. The maximum absolute atomic E-state index is 14.5. The minimum atomic E-state index is -1.72. The molecule has 3 rings (SSSR count). The van der Waals surface area contributed by atoms with Crippen molar-refractivity contribution in [2.75, 3.05) is 30.9 Å². The second-order valence-corrected chi connectivity index (χ2v) is 16.6. The van der Waals surface area contributed by atoms with Gasteiger partial charge in [-0.1, -0.05) is 18.2 Å². The summed E-state index contributed by atoms with van der Waals surface area (Å²) in [6.07, 6.45) is -0.580. The number of carbonyl (C=O) groups excluding carboxylic acids is 7. The summed E-state index contributed by atoms with van der Waals surface area (Å²) >= 11 is 5.49. The number of nitrogens with one attached hydrogen (secondary N) is 7. The highest BCUT2D eigenvalue weighted by Crippen LogP contribution is 2.23. The standard InChI is InChI=1S/C39H59N9O13S2/c1-18(50)29(36(57)44-27(17-62)33(54)43-26(16-49)39(60)61)46-34(55)28-10-7-12-48(28)38(59)25(14-21-15-41-24-9-6-5-8-22(21)24)42-35(56)30(19(2)51)47-37(58)31(20(3)52)45-32(53)23(40)11-13-63-4/h5-6,8-9,15,18-20,23,25-31,41,49-52,62H,7,10-14,16-17,40H2,1-4H3,(H,42,56)(H,43,54)(H,44,57)(H,45,53)(H,46,55)(H,47,58)(H,60,61)/t18-,19-,20-,23+,25+,26+,27+,28+,29+,30+,31+/m1/s1. The summed E-state index contributed by atoms with van der Waals surface area (Å²) in [7, 11) is 0. The maximum atomic E-state index is 14.5. The highest BCUT2D eigenvalue weighted by molar-refractivity contribution is 7.98. The highest BCUT2D eigenvalue weighted by atomic mass is 32.2. The molecule has 7 amide bonds. The number of thioether (sulfide) groups is 1. The fourth-order valence-corrected chi connectivity index (χ4v) is 7.49. The lowest BCUT2D eigenvalue weighted by molar-refractivity contribution is -0.144. The van der Waals surface area contributed by atoms with Gasteiger partial charge < -0.3 is 73.1 Å². The third-order valence-corrected chi connectivity index (χ3v) is 11.3. The van der Waals surface area contributed by atoms with E-state index in [1.807, 2.05) is 11.6 Å². The van der Waals surface area contributed by atoms with Crippen molar-refractivity contribution in [2.45, 2.75) is 113 Å². The van der Waals surface area contributed by atoms with Crippen molar-refractivity contribution >= 4 is 82.6 Å². The van der Waals surface area contributed by atoms with Gasteiger partial charge in [-0.2, -0.15) is 24.4 Å². The van der Waals surface area contributed by atoms with Crippen molar-refractivity contribution in [3.63, 3.8) is 0 Å². The van der Waals surface area contributed by atoms with Gasteiger partial charge in [0.05, 0.1) is 31.0 Å². The van der Waals surface area contributed by atoms with Gasteiger partial charge in [0, 0.05) is 35.8 Å². The number of thiol groups is 1. The summed E-state index contributed by atoms with van der Waals surface area (Å²) < 4.78 is 0. The molecular weight excluding hydrogens is 867 g/mol. The molecule has 24 heteroatoms. The third kappa shape index (κ3) is 14.5. The van der Waals surface area contributed by atoms with Crippen LogP contribution in [0.1, 0.15) is 45.6 Å². The Morgan fingerprint density at radius 3 is 1.90 bits per heavy atom. The summed E-state index contributed by atoms with van der Waals surface area (Å²) in [5, 5.41) is 64.9. The average Bonchev–Trinajstić information content (AvgIpc) is 3.90. The van der Waals surface area contributed by atoms with Gasteiger partial charge in [0.15, 0.2) is 0 Å². The van der Waals surface area contributed by atoms with E-state index in [4.69, 9.17) is 5.73 Å². The van der Waals surface area contributed by atoms with E-state index in [0.717, 1.165) is 0 Å². The fourth-order valence-electron chi connectivity index (χ4n) is 6.74. The minimum absolute atomic E-state index is 0.0195. The topological polar surface area (TPSA) is 355 Å². The predicted molar refractivity (Wildman–Crippen MR) is 233 cm³/mol. The van der Waals surface area contributed by atoms with Crippen LogP contribution in [0.4, 0.5) is 0 Å². The molecule has 1 aliphatic rings. The van der Waals surface area contributed by atoms with Gasteiger partial charge in [0.25, 0.3) is 0 Å². The summed E-state index contributed by atoms with van der Waals surface area (Å²) in [5.41, 5.74) is 7.24. The minimum Gasteiger partial charge on any atom is -0.480 e. The van der Waals surface area contributed by atoms with Crippen LogP contribution in [-0.2, 0) is 44.8 Å². The third-order valence-electron chi connectivity index (χ3n) is 10.3. The molecule has 2 heterocycles. The number of amides is 7. The zero-order chi connectivity index (χ0) is 47.1. The zero-order valence-electron chi connectivity index (χ0n) is 35.3. The van der Waals surface area contributed by atoms with Crippen LogP contribution >= 0.6 is 24.4 Å². The quantitative estimate of drug-likeness (QED) is 0.0445. The lowest BCUT2D eigenvalue weighted by Crippen LogP contribution is -2.63. The first-order valence-corrected chi connectivity index (χ1v) is 22.2. The van der Waals surface area contributed by atoms with Crippen LogP contribution < -0.4 is 37.6 Å². The van der Waals surface area contributed by atoms with Crippen LogP contribution in [-0.4, -0.2) is 180 Å². The van der Waals surface area contributed by atoms with Crippen LogP contribution in [0, 0.1) is 0 Å². The summed E-state index contributed by atoms with van der Waals surface area (Å²) in [4.78, 5) is 110. The number of carboxylic acids is 1. The van der Waals surface area contributed by atoms with Crippen molar-refractivity contribution < 1.29 is 63.9 Å². The molecule has 1 aromatic heterocycles. The van der Waals surface area contributed by atoms with E-state index >= 15 is 0 Å². The second-order valence-electron chi connectivity index (χ2n) is 15.2. The zero-order valence-corrected chi connectivity index (χ0v) is 37.0. The number of aromatic amines is 1. The molecule has 2 aromatic rings. The van der Waals surface area contributed by atoms with Crippen LogP contribution in [0.5, 0.6) is 0 Å². The van der Waals surface area contributed by atoms with Crippen molar-refractivity contribution in [1.29, 1.82) is 0 Å². The molecule has 63 heavy (non-hydrogen) atoms. The number of aliphatic carboxylic acids is 1. The summed E-state index contributed by atoms with van der Waals surface area (Å²) in [6, 6.07) is -4.64. The number of hydrogen-bond donors (Lipinski definition) is 14. The van der Waals surface area contributed by atoms with E-state index in [2.05, 4.69) is 44.2 Å². The molecule has 0 spiro atoms. The molecule has 1 aromatic carbocycles. The van der Waals surface area contributed by atoms with Crippen LogP contribution in [0.25, 0.3) is 10.9 Å². The molecule has 0 unspecified atom stereocenters.